The third-order valence-electron chi connectivity index (χ3n) is 2.69. The standard InChI is InChI=1S/C10H16N2S2/c1-7-6-11-10(14-7)12-8-4-3-5-9(8)13-2/h6,8-9H,3-5H2,1-2H3,(H,11,12). The number of rotatable bonds is 3. The summed E-state index contributed by atoms with van der Waals surface area (Å²) < 4.78 is 0. The van der Waals surface area contributed by atoms with Gasteiger partial charge in [-0.2, -0.15) is 11.8 Å². The van der Waals surface area contributed by atoms with E-state index in [0.717, 1.165) is 10.4 Å². The zero-order valence-corrected chi connectivity index (χ0v) is 10.3. The van der Waals surface area contributed by atoms with Crippen molar-refractivity contribution in [2.45, 2.75) is 37.5 Å². The number of thiazole rings is 1. The number of aryl methyl sites for hydroxylation is 1. The van der Waals surface area contributed by atoms with Gasteiger partial charge in [0.15, 0.2) is 5.13 Å². The molecule has 1 N–H and O–H groups in total. The second-order valence-electron chi connectivity index (χ2n) is 3.73. The van der Waals surface area contributed by atoms with Crippen LogP contribution < -0.4 is 5.32 Å². The number of anilines is 1. The van der Waals surface area contributed by atoms with Gasteiger partial charge in [-0.3, -0.25) is 0 Å². The highest BCUT2D eigenvalue weighted by Gasteiger charge is 2.26. The predicted molar refractivity (Wildman–Crippen MR) is 65.4 cm³/mol. The molecule has 1 aromatic heterocycles. The molecule has 0 saturated heterocycles. The van der Waals surface area contributed by atoms with Crippen LogP contribution in [0.15, 0.2) is 6.20 Å². The van der Waals surface area contributed by atoms with Crippen molar-refractivity contribution in [1.82, 2.24) is 4.98 Å². The van der Waals surface area contributed by atoms with Crippen LogP contribution in [0.1, 0.15) is 24.1 Å². The maximum Gasteiger partial charge on any atom is 0.183 e. The molecule has 1 heterocycles. The summed E-state index contributed by atoms with van der Waals surface area (Å²) >= 11 is 3.74. The molecule has 2 atom stereocenters. The van der Waals surface area contributed by atoms with Crippen molar-refractivity contribution >= 4 is 28.2 Å². The van der Waals surface area contributed by atoms with Crippen molar-refractivity contribution in [2.24, 2.45) is 0 Å². The molecule has 14 heavy (non-hydrogen) atoms. The Bertz CT molecular complexity index is 298. The van der Waals surface area contributed by atoms with Crippen molar-refractivity contribution in [3.63, 3.8) is 0 Å². The third kappa shape index (κ3) is 2.23. The molecule has 2 rings (SSSR count). The Labute approximate surface area is 93.5 Å². The molecule has 0 aromatic carbocycles. The summed E-state index contributed by atoms with van der Waals surface area (Å²) in [6, 6.07) is 0.635. The summed E-state index contributed by atoms with van der Waals surface area (Å²) in [6.45, 7) is 2.10. The number of nitrogens with one attached hydrogen (secondary N) is 1. The highest BCUT2D eigenvalue weighted by Crippen LogP contribution is 2.31. The van der Waals surface area contributed by atoms with E-state index in [0.29, 0.717) is 6.04 Å². The van der Waals surface area contributed by atoms with Gasteiger partial charge < -0.3 is 5.32 Å². The van der Waals surface area contributed by atoms with E-state index in [9.17, 15) is 0 Å². The first-order valence-corrected chi connectivity index (χ1v) is 7.12. The van der Waals surface area contributed by atoms with E-state index in [1.807, 2.05) is 18.0 Å². The minimum absolute atomic E-state index is 0.635. The fraction of sp³-hybridized carbons (Fsp3) is 0.700. The van der Waals surface area contributed by atoms with E-state index < -0.39 is 0 Å². The van der Waals surface area contributed by atoms with Gasteiger partial charge >= 0.3 is 0 Å². The van der Waals surface area contributed by atoms with E-state index in [4.69, 9.17) is 0 Å². The Kier molecular flexibility index (Phi) is 3.34. The summed E-state index contributed by atoms with van der Waals surface area (Å²) in [5.74, 6) is 0. The van der Waals surface area contributed by atoms with Gasteiger partial charge in [0.25, 0.3) is 0 Å². The van der Waals surface area contributed by atoms with Crippen LogP contribution >= 0.6 is 23.1 Å². The first kappa shape index (κ1) is 10.3. The topological polar surface area (TPSA) is 24.9 Å². The number of hydrogen-bond acceptors (Lipinski definition) is 4. The second-order valence-corrected chi connectivity index (χ2v) is 6.04. The SMILES string of the molecule is CSC1CCCC1Nc1ncc(C)s1. The maximum absolute atomic E-state index is 4.35. The van der Waals surface area contributed by atoms with E-state index in [-0.39, 0.29) is 0 Å². The molecule has 0 spiro atoms. The maximum atomic E-state index is 4.35. The zero-order valence-electron chi connectivity index (χ0n) is 8.62. The first-order chi connectivity index (χ1) is 6.79. The van der Waals surface area contributed by atoms with Gasteiger partial charge in [0.2, 0.25) is 0 Å². The molecule has 0 radical (unpaired) electrons. The summed E-state index contributed by atoms with van der Waals surface area (Å²) in [4.78, 5) is 5.63. The fourth-order valence-electron chi connectivity index (χ4n) is 1.95. The molecule has 1 aliphatic rings. The average molecular weight is 228 g/mol. The molecule has 2 nitrogen and oxygen atoms in total. The molecule has 1 aromatic rings. The minimum Gasteiger partial charge on any atom is -0.358 e. The van der Waals surface area contributed by atoms with E-state index in [2.05, 4.69) is 23.5 Å². The fourth-order valence-corrected chi connectivity index (χ4v) is 3.61. The monoisotopic (exact) mass is 228 g/mol. The lowest BCUT2D eigenvalue weighted by molar-refractivity contribution is 0.767. The van der Waals surface area contributed by atoms with Crippen molar-refractivity contribution < 1.29 is 0 Å². The average Bonchev–Trinajstić information content (AvgIpc) is 2.76. The van der Waals surface area contributed by atoms with Gasteiger partial charge in [0.05, 0.1) is 0 Å². The van der Waals surface area contributed by atoms with Crippen LogP contribution in [-0.2, 0) is 0 Å². The lowest BCUT2D eigenvalue weighted by atomic mass is 10.2. The Hall–Kier alpha value is -0.220. The van der Waals surface area contributed by atoms with Gasteiger partial charge in [0, 0.05) is 22.4 Å². The van der Waals surface area contributed by atoms with Crippen LogP contribution in [0.5, 0.6) is 0 Å². The van der Waals surface area contributed by atoms with Gasteiger partial charge in [-0.05, 0) is 26.0 Å². The summed E-state index contributed by atoms with van der Waals surface area (Å²) in [5.41, 5.74) is 0. The van der Waals surface area contributed by atoms with E-state index in [1.165, 1.54) is 24.1 Å². The number of aromatic nitrogens is 1. The molecular weight excluding hydrogens is 212 g/mol. The lowest BCUT2D eigenvalue weighted by Crippen LogP contribution is -2.25. The van der Waals surface area contributed by atoms with Crippen LogP contribution in [0.3, 0.4) is 0 Å². The number of hydrogen-bond donors (Lipinski definition) is 1. The van der Waals surface area contributed by atoms with Crippen molar-refractivity contribution in [2.75, 3.05) is 11.6 Å². The first-order valence-electron chi connectivity index (χ1n) is 5.01. The summed E-state index contributed by atoms with van der Waals surface area (Å²) in [6.07, 6.45) is 8.15. The van der Waals surface area contributed by atoms with E-state index >= 15 is 0 Å². The molecular formula is C10H16N2S2. The largest absolute Gasteiger partial charge is 0.358 e. The van der Waals surface area contributed by atoms with Gasteiger partial charge in [-0.1, -0.05) is 6.42 Å². The Morgan fingerprint density at radius 2 is 2.43 bits per heavy atom. The minimum atomic E-state index is 0.635. The highest BCUT2D eigenvalue weighted by molar-refractivity contribution is 7.99. The highest BCUT2D eigenvalue weighted by atomic mass is 32.2. The van der Waals surface area contributed by atoms with Crippen LogP contribution in [0.25, 0.3) is 0 Å². The Morgan fingerprint density at radius 3 is 3.07 bits per heavy atom. The molecule has 1 fully saturated rings. The number of nitrogens with zero attached hydrogens (tertiary/aromatic N) is 1. The normalized spacial score (nSPS) is 26.7. The molecule has 1 saturated carbocycles. The number of thioether (sulfide) groups is 1. The van der Waals surface area contributed by atoms with Crippen LogP contribution in [0, 0.1) is 6.92 Å². The Morgan fingerprint density at radius 1 is 1.57 bits per heavy atom. The van der Waals surface area contributed by atoms with Crippen molar-refractivity contribution in [1.29, 1.82) is 0 Å². The van der Waals surface area contributed by atoms with E-state index in [1.54, 1.807) is 11.3 Å². The Balaban J connectivity index is 1.96. The molecule has 78 valence electrons. The lowest BCUT2D eigenvalue weighted by Gasteiger charge is -2.18. The molecule has 0 bridgehead atoms. The molecule has 2 unspecified atom stereocenters. The van der Waals surface area contributed by atoms with Crippen molar-refractivity contribution in [3.8, 4) is 0 Å². The molecule has 4 heteroatoms. The van der Waals surface area contributed by atoms with Crippen LogP contribution in [0.4, 0.5) is 5.13 Å². The summed E-state index contributed by atoms with van der Waals surface area (Å²) in [5, 5.41) is 5.42. The zero-order chi connectivity index (χ0) is 9.97. The summed E-state index contributed by atoms with van der Waals surface area (Å²) in [7, 11) is 0. The predicted octanol–water partition coefficient (Wildman–Crippen LogP) is 3.15. The van der Waals surface area contributed by atoms with Gasteiger partial charge in [-0.25, -0.2) is 4.98 Å². The van der Waals surface area contributed by atoms with Gasteiger partial charge in [0.1, 0.15) is 0 Å². The molecule has 1 aliphatic carbocycles. The third-order valence-corrected chi connectivity index (χ3v) is 4.70. The smallest absolute Gasteiger partial charge is 0.183 e. The van der Waals surface area contributed by atoms with Crippen LogP contribution in [-0.4, -0.2) is 22.5 Å². The second kappa shape index (κ2) is 4.53. The van der Waals surface area contributed by atoms with Crippen molar-refractivity contribution in [3.05, 3.63) is 11.1 Å². The van der Waals surface area contributed by atoms with Gasteiger partial charge in [-0.15, -0.1) is 11.3 Å². The van der Waals surface area contributed by atoms with Crippen LogP contribution in [0.2, 0.25) is 0 Å². The molecule has 0 amide bonds. The quantitative estimate of drug-likeness (QED) is 0.860. The molecule has 0 aliphatic heterocycles.